The minimum Gasteiger partial charge on any atom is -0.508 e. The number of carbonyl (C=O) groups excluding carboxylic acids is 1. The van der Waals surface area contributed by atoms with Crippen LogP contribution in [0.3, 0.4) is 0 Å². The summed E-state index contributed by atoms with van der Waals surface area (Å²) in [7, 11) is 0. The molecule has 0 atom stereocenters. The lowest BCUT2D eigenvalue weighted by Crippen LogP contribution is -2.13. The number of phenolic OH excluding ortho intramolecular Hbond substituents is 1. The first-order valence-corrected chi connectivity index (χ1v) is 8.02. The summed E-state index contributed by atoms with van der Waals surface area (Å²) in [6.45, 7) is 1.75. The van der Waals surface area contributed by atoms with Gasteiger partial charge in [-0.25, -0.2) is 0 Å². The van der Waals surface area contributed by atoms with Gasteiger partial charge in [0.05, 0.1) is 5.69 Å². The number of amides is 1. The van der Waals surface area contributed by atoms with E-state index in [4.69, 9.17) is 0 Å². The van der Waals surface area contributed by atoms with E-state index in [2.05, 4.69) is 53.1 Å². The molecule has 0 spiro atoms. The summed E-state index contributed by atoms with van der Waals surface area (Å²) in [4.78, 5) is 12.2. The zero-order chi connectivity index (χ0) is 14.9. The Morgan fingerprint density at radius 3 is 2.25 bits per heavy atom. The highest BCUT2D eigenvalue weighted by molar-refractivity contribution is 9.11. The molecule has 2 aromatic carbocycles. The molecule has 0 saturated carbocycles. The maximum absolute atomic E-state index is 12.2. The molecule has 0 aromatic heterocycles. The Bertz CT molecular complexity index is 663. The van der Waals surface area contributed by atoms with Gasteiger partial charge >= 0.3 is 0 Å². The Morgan fingerprint density at radius 1 is 1.10 bits per heavy atom. The first-order chi connectivity index (χ1) is 9.38. The van der Waals surface area contributed by atoms with Gasteiger partial charge in [0.15, 0.2) is 0 Å². The topological polar surface area (TPSA) is 49.3 Å². The van der Waals surface area contributed by atoms with Crippen LogP contribution in [0.1, 0.15) is 15.9 Å². The lowest BCUT2D eigenvalue weighted by molar-refractivity contribution is 0.102. The van der Waals surface area contributed by atoms with Gasteiger partial charge in [0.25, 0.3) is 5.91 Å². The van der Waals surface area contributed by atoms with Crippen molar-refractivity contribution in [2.24, 2.45) is 0 Å². The molecule has 0 saturated heterocycles. The number of phenols is 1. The highest BCUT2D eigenvalue weighted by Gasteiger charge is 2.13. The van der Waals surface area contributed by atoms with Crippen LogP contribution in [0.25, 0.3) is 0 Å². The van der Waals surface area contributed by atoms with Crippen molar-refractivity contribution in [1.29, 1.82) is 0 Å². The van der Waals surface area contributed by atoms with E-state index in [0.29, 0.717) is 16.8 Å². The molecule has 1 amide bonds. The molecule has 0 bridgehead atoms. The number of hydrogen-bond donors (Lipinski definition) is 2. The van der Waals surface area contributed by atoms with Crippen LogP contribution < -0.4 is 5.32 Å². The van der Waals surface area contributed by atoms with Crippen LogP contribution in [-0.2, 0) is 0 Å². The number of benzene rings is 2. The number of anilines is 1. The second-order valence-electron chi connectivity index (χ2n) is 4.20. The number of halogens is 3. The molecule has 2 aromatic rings. The highest BCUT2D eigenvalue weighted by atomic mass is 79.9. The van der Waals surface area contributed by atoms with Crippen molar-refractivity contribution >= 4 is 59.4 Å². The third kappa shape index (κ3) is 3.42. The lowest BCUT2D eigenvalue weighted by Gasteiger charge is -2.11. The number of carbonyl (C=O) groups is 1. The van der Waals surface area contributed by atoms with Crippen LogP contribution >= 0.6 is 47.8 Å². The predicted octanol–water partition coefficient (Wildman–Crippen LogP) is 5.24. The van der Waals surface area contributed by atoms with Crippen LogP contribution in [0.5, 0.6) is 5.75 Å². The molecule has 2 rings (SSSR count). The van der Waals surface area contributed by atoms with Gasteiger partial charge in [-0.1, -0.05) is 15.9 Å². The van der Waals surface area contributed by atoms with Crippen molar-refractivity contribution in [2.45, 2.75) is 6.92 Å². The van der Waals surface area contributed by atoms with Crippen LogP contribution in [0.15, 0.2) is 43.7 Å². The van der Waals surface area contributed by atoms with Gasteiger partial charge in [-0.3, -0.25) is 4.79 Å². The second-order valence-corrected chi connectivity index (χ2v) is 6.82. The third-order valence-electron chi connectivity index (χ3n) is 2.70. The molecule has 0 aliphatic heterocycles. The molecule has 104 valence electrons. The summed E-state index contributed by atoms with van der Waals surface area (Å²) in [5, 5.41) is 12.3. The first-order valence-electron chi connectivity index (χ1n) is 5.64. The molecular formula is C14H10Br3NO2. The van der Waals surface area contributed by atoms with E-state index in [1.54, 1.807) is 19.1 Å². The summed E-state index contributed by atoms with van der Waals surface area (Å²) >= 11 is 10.2. The predicted molar refractivity (Wildman–Crippen MR) is 90.3 cm³/mol. The van der Waals surface area contributed by atoms with Crippen molar-refractivity contribution in [2.75, 3.05) is 5.32 Å². The summed E-state index contributed by atoms with van der Waals surface area (Å²) in [5.41, 5.74) is 1.80. The Kier molecular flexibility index (Phi) is 4.88. The van der Waals surface area contributed by atoms with Crippen LogP contribution in [0, 0.1) is 6.92 Å². The van der Waals surface area contributed by atoms with Gasteiger partial charge in [-0.15, -0.1) is 0 Å². The summed E-state index contributed by atoms with van der Waals surface area (Å²) < 4.78 is 2.43. The Labute approximate surface area is 141 Å². The number of nitrogens with one attached hydrogen (secondary N) is 1. The maximum atomic E-state index is 12.2. The minimum absolute atomic E-state index is 0.174. The average molecular weight is 464 g/mol. The molecule has 2 N–H and O–H groups in total. The number of aryl methyl sites for hydroxylation is 1. The number of rotatable bonds is 2. The van der Waals surface area contributed by atoms with E-state index < -0.39 is 0 Å². The van der Waals surface area contributed by atoms with Gasteiger partial charge in [-0.05, 0) is 74.7 Å². The minimum atomic E-state index is -0.239. The molecule has 3 nitrogen and oxygen atoms in total. The second kappa shape index (κ2) is 6.28. The molecule has 0 aliphatic rings. The third-order valence-corrected chi connectivity index (χ3v) is 4.41. The smallest absolute Gasteiger partial charge is 0.255 e. The molecule has 20 heavy (non-hydrogen) atoms. The number of hydrogen-bond acceptors (Lipinski definition) is 2. The van der Waals surface area contributed by atoms with Crippen molar-refractivity contribution in [1.82, 2.24) is 0 Å². The quantitative estimate of drug-likeness (QED) is 0.639. The number of aromatic hydroxyl groups is 1. The Morgan fingerprint density at radius 2 is 1.70 bits per heavy atom. The van der Waals surface area contributed by atoms with Gasteiger partial charge in [0.1, 0.15) is 5.75 Å². The molecule has 6 heteroatoms. The van der Waals surface area contributed by atoms with Gasteiger partial charge in [-0.2, -0.15) is 0 Å². The average Bonchev–Trinajstić information content (AvgIpc) is 2.36. The van der Waals surface area contributed by atoms with E-state index in [0.717, 1.165) is 13.4 Å². The van der Waals surface area contributed by atoms with Gasteiger partial charge in [0, 0.05) is 19.0 Å². The molecule has 0 aliphatic carbocycles. The van der Waals surface area contributed by atoms with E-state index in [1.807, 2.05) is 12.1 Å². The van der Waals surface area contributed by atoms with Crippen molar-refractivity contribution in [3.63, 3.8) is 0 Å². The van der Waals surface area contributed by atoms with E-state index >= 15 is 0 Å². The van der Waals surface area contributed by atoms with Crippen molar-refractivity contribution in [3.05, 3.63) is 54.9 Å². The van der Waals surface area contributed by atoms with E-state index in [9.17, 15) is 9.90 Å². The molecule has 0 heterocycles. The van der Waals surface area contributed by atoms with E-state index in [-0.39, 0.29) is 11.7 Å². The highest BCUT2D eigenvalue weighted by Crippen LogP contribution is 2.34. The SMILES string of the molecule is Cc1cc(C(=O)Nc2c(Br)cc(Br)cc2Br)ccc1O. The summed E-state index contributed by atoms with van der Waals surface area (Å²) in [6.07, 6.45) is 0. The van der Waals surface area contributed by atoms with E-state index in [1.165, 1.54) is 6.07 Å². The zero-order valence-electron chi connectivity index (χ0n) is 10.4. The molecule has 0 unspecified atom stereocenters. The van der Waals surface area contributed by atoms with Crippen LogP contribution in [-0.4, -0.2) is 11.0 Å². The van der Waals surface area contributed by atoms with Crippen LogP contribution in [0.2, 0.25) is 0 Å². The lowest BCUT2D eigenvalue weighted by atomic mass is 10.1. The fourth-order valence-corrected chi connectivity index (χ4v) is 4.10. The zero-order valence-corrected chi connectivity index (χ0v) is 15.1. The monoisotopic (exact) mass is 461 g/mol. The van der Waals surface area contributed by atoms with Crippen molar-refractivity contribution < 1.29 is 9.90 Å². The molecular weight excluding hydrogens is 454 g/mol. The summed E-state index contributed by atoms with van der Waals surface area (Å²) in [6, 6.07) is 8.43. The summed E-state index contributed by atoms with van der Waals surface area (Å²) in [5.74, 6) is -0.0654. The van der Waals surface area contributed by atoms with Crippen molar-refractivity contribution in [3.8, 4) is 5.75 Å². The first kappa shape index (κ1) is 15.5. The van der Waals surface area contributed by atoms with Gasteiger partial charge < -0.3 is 10.4 Å². The maximum Gasteiger partial charge on any atom is 0.255 e. The molecule has 0 radical (unpaired) electrons. The fourth-order valence-electron chi connectivity index (χ4n) is 1.64. The Balaban J connectivity index is 2.30. The molecule has 0 fully saturated rings. The van der Waals surface area contributed by atoms with Crippen LogP contribution in [0.4, 0.5) is 5.69 Å². The van der Waals surface area contributed by atoms with Gasteiger partial charge in [0.2, 0.25) is 0 Å². The normalized spacial score (nSPS) is 10.4. The standard InChI is InChI=1S/C14H10Br3NO2/c1-7-4-8(2-3-12(7)19)14(20)18-13-10(16)5-9(15)6-11(13)17/h2-6,19H,1H3,(H,18,20). The Hall–Kier alpha value is -0.850. The fraction of sp³-hybridized carbons (Fsp3) is 0.0714. The largest absolute Gasteiger partial charge is 0.508 e.